The molecule has 25 heavy (non-hydrogen) atoms. The van der Waals surface area contributed by atoms with Crippen LogP contribution < -0.4 is 10.6 Å². The van der Waals surface area contributed by atoms with Crippen molar-refractivity contribution in [3.63, 3.8) is 0 Å². The average molecular weight is 344 g/mol. The molecule has 0 unspecified atom stereocenters. The third-order valence-electron chi connectivity index (χ3n) is 4.71. The molecule has 4 amide bonds. The molecule has 3 rings (SSSR count). The maximum atomic E-state index is 12.1. The summed E-state index contributed by atoms with van der Waals surface area (Å²) in [6.45, 7) is 2.84. The SMILES string of the molecule is O=C1CN(CC(=O)NC2CCN(CCc3ccccc3)CC2)C(=O)N1. The zero-order valence-corrected chi connectivity index (χ0v) is 14.2. The van der Waals surface area contributed by atoms with Gasteiger partial charge in [-0.15, -0.1) is 0 Å². The molecule has 2 N–H and O–H groups in total. The summed E-state index contributed by atoms with van der Waals surface area (Å²) in [5.74, 6) is -0.558. The van der Waals surface area contributed by atoms with Crippen molar-refractivity contribution in [1.82, 2.24) is 20.4 Å². The Morgan fingerprint density at radius 3 is 2.52 bits per heavy atom. The van der Waals surface area contributed by atoms with Crippen LogP contribution in [0.1, 0.15) is 18.4 Å². The molecule has 0 saturated carbocycles. The van der Waals surface area contributed by atoms with Crippen LogP contribution in [0.15, 0.2) is 30.3 Å². The van der Waals surface area contributed by atoms with E-state index in [-0.39, 0.29) is 30.9 Å². The number of rotatable bonds is 6. The van der Waals surface area contributed by atoms with Gasteiger partial charge >= 0.3 is 6.03 Å². The molecule has 0 bridgehead atoms. The van der Waals surface area contributed by atoms with E-state index < -0.39 is 6.03 Å². The van der Waals surface area contributed by atoms with Gasteiger partial charge in [-0.05, 0) is 24.8 Å². The molecule has 0 spiro atoms. The summed E-state index contributed by atoms with van der Waals surface area (Å²) >= 11 is 0. The van der Waals surface area contributed by atoms with Crippen molar-refractivity contribution in [3.8, 4) is 0 Å². The van der Waals surface area contributed by atoms with Gasteiger partial charge in [0.05, 0.1) is 0 Å². The minimum atomic E-state index is -0.490. The molecule has 2 heterocycles. The Balaban J connectivity index is 1.35. The minimum Gasteiger partial charge on any atom is -0.352 e. The fourth-order valence-electron chi connectivity index (χ4n) is 3.29. The summed E-state index contributed by atoms with van der Waals surface area (Å²) in [6, 6.07) is 10.1. The first-order valence-electron chi connectivity index (χ1n) is 8.74. The van der Waals surface area contributed by atoms with Crippen LogP contribution in [-0.2, 0) is 16.0 Å². The molecule has 2 saturated heterocycles. The molecule has 134 valence electrons. The second-order valence-electron chi connectivity index (χ2n) is 6.63. The van der Waals surface area contributed by atoms with Crippen molar-refractivity contribution in [1.29, 1.82) is 0 Å². The van der Waals surface area contributed by atoms with Crippen LogP contribution in [0, 0.1) is 0 Å². The molecule has 7 heteroatoms. The average Bonchev–Trinajstić information content (AvgIpc) is 2.92. The smallest absolute Gasteiger partial charge is 0.325 e. The summed E-state index contributed by atoms with van der Waals surface area (Å²) in [5, 5.41) is 5.15. The van der Waals surface area contributed by atoms with E-state index >= 15 is 0 Å². The fourth-order valence-corrected chi connectivity index (χ4v) is 3.29. The number of likely N-dealkylation sites (tertiary alicyclic amines) is 1. The molecule has 7 nitrogen and oxygen atoms in total. The van der Waals surface area contributed by atoms with Crippen LogP contribution in [0.4, 0.5) is 4.79 Å². The van der Waals surface area contributed by atoms with Gasteiger partial charge in [0, 0.05) is 25.7 Å². The van der Waals surface area contributed by atoms with Crippen molar-refractivity contribution >= 4 is 17.8 Å². The van der Waals surface area contributed by atoms with Gasteiger partial charge in [0.2, 0.25) is 11.8 Å². The summed E-state index contributed by atoms with van der Waals surface area (Å²) in [5.41, 5.74) is 1.34. The number of nitrogens with zero attached hydrogens (tertiary/aromatic N) is 2. The molecular weight excluding hydrogens is 320 g/mol. The number of carbonyl (C=O) groups excluding carboxylic acids is 3. The lowest BCUT2D eigenvalue weighted by molar-refractivity contribution is -0.122. The van der Waals surface area contributed by atoms with E-state index in [4.69, 9.17) is 0 Å². The molecule has 1 aromatic carbocycles. The summed E-state index contributed by atoms with van der Waals surface area (Å²) in [6.07, 6.45) is 2.85. The van der Waals surface area contributed by atoms with Crippen LogP contribution in [-0.4, -0.2) is 66.4 Å². The lowest BCUT2D eigenvalue weighted by Crippen LogP contribution is -2.48. The van der Waals surface area contributed by atoms with E-state index in [0.29, 0.717) is 0 Å². The van der Waals surface area contributed by atoms with Gasteiger partial charge < -0.3 is 15.1 Å². The molecule has 1 aromatic rings. The largest absolute Gasteiger partial charge is 0.352 e. The van der Waals surface area contributed by atoms with Crippen LogP contribution in [0.25, 0.3) is 0 Å². The highest BCUT2D eigenvalue weighted by Crippen LogP contribution is 2.12. The first kappa shape index (κ1) is 17.4. The third-order valence-corrected chi connectivity index (χ3v) is 4.71. The van der Waals surface area contributed by atoms with Crippen molar-refractivity contribution in [3.05, 3.63) is 35.9 Å². The Labute approximate surface area is 147 Å². The minimum absolute atomic E-state index is 0.0375. The van der Waals surface area contributed by atoms with Gasteiger partial charge in [0.15, 0.2) is 0 Å². The zero-order chi connectivity index (χ0) is 17.6. The molecule has 2 aliphatic rings. The monoisotopic (exact) mass is 344 g/mol. The van der Waals surface area contributed by atoms with Crippen LogP contribution in [0.3, 0.4) is 0 Å². The first-order valence-corrected chi connectivity index (χ1v) is 8.74. The Hall–Kier alpha value is -2.41. The highest BCUT2D eigenvalue weighted by Gasteiger charge is 2.29. The molecule has 2 fully saturated rings. The predicted molar refractivity (Wildman–Crippen MR) is 92.9 cm³/mol. The van der Waals surface area contributed by atoms with E-state index in [2.05, 4.69) is 39.8 Å². The first-order chi connectivity index (χ1) is 12.1. The Kier molecular flexibility index (Phi) is 5.65. The van der Waals surface area contributed by atoms with Gasteiger partial charge in [-0.2, -0.15) is 0 Å². The summed E-state index contributed by atoms with van der Waals surface area (Å²) in [7, 11) is 0. The van der Waals surface area contributed by atoms with Gasteiger partial charge in [0.1, 0.15) is 13.1 Å². The third kappa shape index (κ3) is 5.03. The van der Waals surface area contributed by atoms with Crippen molar-refractivity contribution < 1.29 is 14.4 Å². The quantitative estimate of drug-likeness (QED) is 0.730. The van der Waals surface area contributed by atoms with E-state index in [1.165, 1.54) is 10.5 Å². The summed E-state index contributed by atoms with van der Waals surface area (Å²) < 4.78 is 0. The molecule has 0 aromatic heterocycles. The Bertz CT molecular complexity index is 626. The van der Waals surface area contributed by atoms with Crippen LogP contribution >= 0.6 is 0 Å². The van der Waals surface area contributed by atoms with E-state index in [9.17, 15) is 14.4 Å². The van der Waals surface area contributed by atoms with E-state index in [1.54, 1.807) is 0 Å². The normalized spacial score (nSPS) is 19.1. The van der Waals surface area contributed by atoms with Gasteiger partial charge in [0.25, 0.3) is 0 Å². The van der Waals surface area contributed by atoms with Gasteiger partial charge in [-0.25, -0.2) is 4.79 Å². The Morgan fingerprint density at radius 1 is 1.16 bits per heavy atom. The van der Waals surface area contributed by atoms with Gasteiger partial charge in [-0.3, -0.25) is 14.9 Å². The van der Waals surface area contributed by atoms with Crippen molar-refractivity contribution in [2.24, 2.45) is 0 Å². The van der Waals surface area contributed by atoms with E-state index in [0.717, 1.165) is 38.9 Å². The fraction of sp³-hybridized carbons (Fsp3) is 0.500. The molecule has 0 atom stereocenters. The lowest BCUT2D eigenvalue weighted by atomic mass is 10.0. The summed E-state index contributed by atoms with van der Waals surface area (Å²) in [4.78, 5) is 38.3. The number of carbonyl (C=O) groups is 3. The number of benzene rings is 1. The number of urea groups is 1. The maximum absolute atomic E-state index is 12.1. The maximum Gasteiger partial charge on any atom is 0.325 e. The van der Waals surface area contributed by atoms with Gasteiger partial charge in [-0.1, -0.05) is 30.3 Å². The predicted octanol–water partition coefficient (Wildman–Crippen LogP) is 0.362. The second-order valence-corrected chi connectivity index (χ2v) is 6.63. The number of imide groups is 1. The van der Waals surface area contributed by atoms with Crippen molar-refractivity contribution in [2.75, 3.05) is 32.7 Å². The zero-order valence-electron chi connectivity index (χ0n) is 14.2. The molecule has 0 radical (unpaired) electrons. The molecular formula is C18H24N4O3. The number of nitrogens with one attached hydrogen (secondary N) is 2. The molecule has 2 aliphatic heterocycles. The lowest BCUT2D eigenvalue weighted by Gasteiger charge is -2.32. The van der Waals surface area contributed by atoms with Crippen LogP contribution in [0.2, 0.25) is 0 Å². The van der Waals surface area contributed by atoms with E-state index in [1.807, 2.05) is 6.07 Å². The number of piperidine rings is 1. The number of hydrogen-bond acceptors (Lipinski definition) is 4. The van der Waals surface area contributed by atoms with Crippen LogP contribution in [0.5, 0.6) is 0 Å². The molecule has 0 aliphatic carbocycles. The van der Waals surface area contributed by atoms with Crippen molar-refractivity contribution in [2.45, 2.75) is 25.3 Å². The topological polar surface area (TPSA) is 81.8 Å². The highest BCUT2D eigenvalue weighted by molar-refractivity contribution is 6.03. The number of hydrogen-bond donors (Lipinski definition) is 2. The standard InChI is InChI=1S/C18H24N4O3/c23-16(12-22-13-17(24)20-18(22)25)19-15-7-10-21(11-8-15)9-6-14-4-2-1-3-5-14/h1-5,15H,6-13H2,(H,19,23)(H,20,24,25). The second kappa shape index (κ2) is 8.11. The Morgan fingerprint density at radius 2 is 1.88 bits per heavy atom. The number of amides is 4. The highest BCUT2D eigenvalue weighted by atomic mass is 16.2.